The standard InChI is InChI=1S/C16H22N2O2/c1-13-3-5-15(6-4-13)16(11-19,12-20)8-7-14-9-17-18(2)10-14/h3-6,9-10,19-20H,7-8,11-12H2,1-2H3. The maximum absolute atomic E-state index is 9.80. The van der Waals surface area contributed by atoms with E-state index in [1.807, 2.05) is 50.6 Å². The average molecular weight is 274 g/mol. The van der Waals surface area contributed by atoms with Gasteiger partial charge in [0.2, 0.25) is 0 Å². The van der Waals surface area contributed by atoms with Crippen LogP contribution in [-0.4, -0.2) is 33.2 Å². The summed E-state index contributed by atoms with van der Waals surface area (Å²) in [6.07, 6.45) is 5.26. The van der Waals surface area contributed by atoms with Crippen molar-refractivity contribution in [3.8, 4) is 0 Å². The van der Waals surface area contributed by atoms with E-state index in [1.165, 1.54) is 5.56 Å². The number of hydrogen-bond acceptors (Lipinski definition) is 3. The Labute approximate surface area is 119 Å². The molecule has 0 saturated carbocycles. The number of aliphatic hydroxyl groups excluding tert-OH is 2. The molecule has 1 aromatic carbocycles. The minimum atomic E-state index is -0.594. The molecule has 0 aliphatic carbocycles. The van der Waals surface area contributed by atoms with E-state index in [0.29, 0.717) is 6.42 Å². The Balaban J connectivity index is 2.18. The molecule has 2 aromatic rings. The lowest BCUT2D eigenvalue weighted by atomic mass is 9.77. The Kier molecular flexibility index (Phi) is 4.57. The molecule has 0 radical (unpaired) electrons. The molecule has 0 unspecified atom stereocenters. The van der Waals surface area contributed by atoms with Crippen LogP contribution in [-0.2, 0) is 18.9 Å². The Hall–Kier alpha value is -1.65. The SMILES string of the molecule is Cc1ccc(C(CO)(CO)CCc2cnn(C)c2)cc1. The lowest BCUT2D eigenvalue weighted by Gasteiger charge is -2.30. The fourth-order valence-electron chi connectivity index (χ4n) is 2.43. The monoisotopic (exact) mass is 274 g/mol. The minimum Gasteiger partial charge on any atom is -0.395 e. The van der Waals surface area contributed by atoms with Gasteiger partial charge in [-0.25, -0.2) is 0 Å². The van der Waals surface area contributed by atoms with Crippen molar-refractivity contribution in [1.82, 2.24) is 9.78 Å². The van der Waals surface area contributed by atoms with E-state index in [1.54, 1.807) is 4.68 Å². The molecule has 0 saturated heterocycles. The first kappa shape index (κ1) is 14.8. The van der Waals surface area contributed by atoms with Crippen LogP contribution in [0, 0.1) is 6.92 Å². The molecule has 0 aliphatic heterocycles. The van der Waals surface area contributed by atoms with E-state index in [0.717, 1.165) is 17.5 Å². The normalized spacial score (nSPS) is 11.8. The molecule has 0 fully saturated rings. The van der Waals surface area contributed by atoms with Crippen molar-refractivity contribution in [2.75, 3.05) is 13.2 Å². The Bertz CT molecular complexity index is 542. The number of aromatic nitrogens is 2. The third-order valence-corrected chi connectivity index (χ3v) is 3.92. The first-order chi connectivity index (χ1) is 9.59. The predicted molar refractivity (Wildman–Crippen MR) is 78.6 cm³/mol. The van der Waals surface area contributed by atoms with Gasteiger partial charge in [-0.15, -0.1) is 0 Å². The lowest BCUT2D eigenvalue weighted by molar-refractivity contribution is 0.109. The highest BCUT2D eigenvalue weighted by Crippen LogP contribution is 2.29. The van der Waals surface area contributed by atoms with Crippen LogP contribution in [0.15, 0.2) is 36.7 Å². The summed E-state index contributed by atoms with van der Waals surface area (Å²) < 4.78 is 1.76. The van der Waals surface area contributed by atoms with Crippen molar-refractivity contribution < 1.29 is 10.2 Å². The van der Waals surface area contributed by atoms with Gasteiger partial charge in [0, 0.05) is 18.7 Å². The Morgan fingerprint density at radius 3 is 2.30 bits per heavy atom. The van der Waals surface area contributed by atoms with Crippen molar-refractivity contribution in [3.63, 3.8) is 0 Å². The van der Waals surface area contributed by atoms with Gasteiger partial charge in [-0.05, 0) is 30.9 Å². The number of rotatable bonds is 6. The summed E-state index contributed by atoms with van der Waals surface area (Å²) in [7, 11) is 1.88. The first-order valence-electron chi connectivity index (χ1n) is 6.86. The molecule has 4 nitrogen and oxygen atoms in total. The molecule has 0 aliphatic rings. The Morgan fingerprint density at radius 1 is 1.15 bits per heavy atom. The quantitative estimate of drug-likeness (QED) is 0.841. The molecule has 1 heterocycles. The van der Waals surface area contributed by atoms with Gasteiger partial charge in [-0.3, -0.25) is 4.68 Å². The Morgan fingerprint density at radius 2 is 1.80 bits per heavy atom. The van der Waals surface area contributed by atoms with Gasteiger partial charge in [0.05, 0.1) is 19.4 Å². The maximum Gasteiger partial charge on any atom is 0.0550 e. The van der Waals surface area contributed by atoms with Gasteiger partial charge in [0.15, 0.2) is 0 Å². The van der Waals surface area contributed by atoms with Crippen molar-refractivity contribution in [1.29, 1.82) is 0 Å². The maximum atomic E-state index is 9.80. The summed E-state index contributed by atoms with van der Waals surface area (Å²) >= 11 is 0. The zero-order valence-electron chi connectivity index (χ0n) is 12.1. The summed E-state index contributed by atoms with van der Waals surface area (Å²) in [5.41, 5.74) is 2.68. The molecule has 0 bridgehead atoms. The minimum absolute atomic E-state index is 0.0627. The van der Waals surface area contributed by atoms with Gasteiger partial charge in [0.1, 0.15) is 0 Å². The molecule has 2 N–H and O–H groups in total. The van der Waals surface area contributed by atoms with E-state index in [-0.39, 0.29) is 13.2 Å². The number of hydrogen-bond donors (Lipinski definition) is 2. The van der Waals surface area contributed by atoms with Crippen molar-refractivity contribution in [2.24, 2.45) is 7.05 Å². The van der Waals surface area contributed by atoms with Gasteiger partial charge >= 0.3 is 0 Å². The van der Waals surface area contributed by atoms with E-state index in [2.05, 4.69) is 5.10 Å². The average Bonchev–Trinajstić information content (AvgIpc) is 2.88. The van der Waals surface area contributed by atoms with Gasteiger partial charge in [-0.1, -0.05) is 29.8 Å². The lowest BCUT2D eigenvalue weighted by Crippen LogP contribution is -2.35. The van der Waals surface area contributed by atoms with E-state index in [4.69, 9.17) is 0 Å². The molecular weight excluding hydrogens is 252 g/mol. The van der Waals surface area contributed by atoms with Crippen LogP contribution in [0.5, 0.6) is 0 Å². The second-order valence-electron chi connectivity index (χ2n) is 5.48. The second-order valence-corrected chi connectivity index (χ2v) is 5.48. The molecule has 0 atom stereocenters. The number of benzene rings is 1. The highest BCUT2D eigenvalue weighted by Gasteiger charge is 2.30. The summed E-state index contributed by atoms with van der Waals surface area (Å²) in [6.45, 7) is 1.90. The van der Waals surface area contributed by atoms with Crippen LogP contribution < -0.4 is 0 Å². The summed E-state index contributed by atoms with van der Waals surface area (Å²) in [5.74, 6) is 0. The van der Waals surface area contributed by atoms with E-state index < -0.39 is 5.41 Å². The molecule has 2 rings (SSSR count). The summed E-state index contributed by atoms with van der Waals surface area (Å²) in [6, 6.07) is 8.01. The molecule has 1 aromatic heterocycles. The van der Waals surface area contributed by atoms with Crippen molar-refractivity contribution >= 4 is 0 Å². The molecule has 0 spiro atoms. The molecule has 4 heteroatoms. The number of aliphatic hydroxyl groups is 2. The van der Waals surface area contributed by atoms with E-state index in [9.17, 15) is 10.2 Å². The number of nitrogens with zero attached hydrogens (tertiary/aromatic N) is 2. The van der Waals surface area contributed by atoms with Crippen molar-refractivity contribution in [2.45, 2.75) is 25.2 Å². The zero-order valence-corrected chi connectivity index (χ0v) is 12.1. The topological polar surface area (TPSA) is 58.3 Å². The largest absolute Gasteiger partial charge is 0.395 e. The van der Waals surface area contributed by atoms with Crippen LogP contribution in [0.1, 0.15) is 23.1 Å². The van der Waals surface area contributed by atoms with Crippen LogP contribution in [0.4, 0.5) is 0 Å². The number of aryl methyl sites for hydroxylation is 3. The fraction of sp³-hybridized carbons (Fsp3) is 0.438. The van der Waals surface area contributed by atoms with E-state index >= 15 is 0 Å². The fourth-order valence-corrected chi connectivity index (χ4v) is 2.43. The third-order valence-electron chi connectivity index (χ3n) is 3.92. The van der Waals surface area contributed by atoms with Crippen LogP contribution >= 0.6 is 0 Å². The zero-order chi connectivity index (χ0) is 14.6. The van der Waals surface area contributed by atoms with Crippen LogP contribution in [0.3, 0.4) is 0 Å². The summed E-state index contributed by atoms with van der Waals surface area (Å²) in [4.78, 5) is 0. The van der Waals surface area contributed by atoms with Crippen LogP contribution in [0.25, 0.3) is 0 Å². The molecule has 108 valence electrons. The highest BCUT2D eigenvalue weighted by molar-refractivity contribution is 5.29. The summed E-state index contributed by atoms with van der Waals surface area (Å²) in [5, 5.41) is 23.7. The van der Waals surface area contributed by atoms with Gasteiger partial charge in [0.25, 0.3) is 0 Å². The van der Waals surface area contributed by atoms with Crippen LogP contribution in [0.2, 0.25) is 0 Å². The third kappa shape index (κ3) is 3.08. The molecule has 20 heavy (non-hydrogen) atoms. The van der Waals surface area contributed by atoms with Gasteiger partial charge in [-0.2, -0.15) is 5.10 Å². The molecule has 0 amide bonds. The predicted octanol–water partition coefficient (Wildman–Crippen LogP) is 1.58. The van der Waals surface area contributed by atoms with Gasteiger partial charge < -0.3 is 10.2 Å². The first-order valence-corrected chi connectivity index (χ1v) is 6.86. The molecular formula is C16H22N2O2. The second kappa shape index (κ2) is 6.20. The smallest absolute Gasteiger partial charge is 0.0550 e. The van der Waals surface area contributed by atoms with Crippen molar-refractivity contribution in [3.05, 3.63) is 53.3 Å². The highest BCUT2D eigenvalue weighted by atomic mass is 16.3.